The molecule has 0 heterocycles. The number of hydrogen-bond donors (Lipinski definition) is 1. The van der Waals surface area contributed by atoms with Crippen molar-refractivity contribution >= 4 is 5.69 Å². The highest BCUT2D eigenvalue weighted by molar-refractivity contribution is 5.49. The van der Waals surface area contributed by atoms with Crippen LogP contribution >= 0.6 is 0 Å². The second-order valence-corrected chi connectivity index (χ2v) is 3.26. The third-order valence-electron chi connectivity index (χ3n) is 2.03. The van der Waals surface area contributed by atoms with Crippen LogP contribution < -0.4 is 4.74 Å². The number of ether oxygens (including phenoxy) is 2. The second kappa shape index (κ2) is 5.32. The lowest BCUT2D eigenvalue weighted by atomic mass is 10.3. The van der Waals surface area contributed by atoms with Crippen LogP contribution in [0.3, 0.4) is 0 Å². The second-order valence-electron chi connectivity index (χ2n) is 3.26. The Morgan fingerprint density at radius 2 is 2.25 bits per heavy atom. The van der Waals surface area contributed by atoms with E-state index in [0.29, 0.717) is 12.4 Å². The summed E-state index contributed by atoms with van der Waals surface area (Å²) in [5.74, 6) is -0.0504. The maximum absolute atomic E-state index is 10.5. The Kier molecular flexibility index (Phi) is 4.07. The predicted octanol–water partition coefficient (Wildman–Crippen LogP) is 1.71. The quantitative estimate of drug-likeness (QED) is 0.611. The Bertz CT molecular complexity index is 379. The number of hydrogen-bond acceptors (Lipinski definition) is 5. The molecule has 0 saturated heterocycles. The van der Waals surface area contributed by atoms with Gasteiger partial charge in [-0.05, 0) is 19.1 Å². The SMILES string of the molecule is CO[C@H](C)COc1ccc(O)c([N+](=O)[O-])c1. The van der Waals surface area contributed by atoms with Crippen molar-refractivity contribution in [3.8, 4) is 11.5 Å². The average molecular weight is 227 g/mol. The maximum Gasteiger partial charge on any atom is 0.314 e. The maximum atomic E-state index is 10.5. The molecule has 0 saturated carbocycles. The lowest BCUT2D eigenvalue weighted by Gasteiger charge is -2.11. The van der Waals surface area contributed by atoms with Gasteiger partial charge in [-0.2, -0.15) is 0 Å². The number of methoxy groups -OCH3 is 1. The molecule has 6 nitrogen and oxygen atoms in total. The fraction of sp³-hybridized carbons (Fsp3) is 0.400. The Balaban J connectivity index is 2.75. The van der Waals surface area contributed by atoms with Crippen LogP contribution in [0.25, 0.3) is 0 Å². The van der Waals surface area contributed by atoms with Gasteiger partial charge >= 0.3 is 5.69 Å². The molecule has 0 unspecified atom stereocenters. The van der Waals surface area contributed by atoms with Gasteiger partial charge in [-0.1, -0.05) is 0 Å². The van der Waals surface area contributed by atoms with Crippen LogP contribution in [-0.2, 0) is 4.74 Å². The lowest BCUT2D eigenvalue weighted by molar-refractivity contribution is -0.385. The minimum absolute atomic E-state index is 0.104. The first-order valence-corrected chi connectivity index (χ1v) is 4.67. The molecule has 0 fully saturated rings. The molecule has 1 aromatic rings. The molecule has 0 aliphatic rings. The Morgan fingerprint density at radius 1 is 1.56 bits per heavy atom. The highest BCUT2D eigenvalue weighted by Crippen LogP contribution is 2.29. The number of phenolic OH excluding ortho intramolecular Hbond substituents is 1. The van der Waals surface area contributed by atoms with E-state index in [2.05, 4.69) is 0 Å². The molecule has 0 aliphatic heterocycles. The van der Waals surface area contributed by atoms with Gasteiger partial charge in [0.25, 0.3) is 0 Å². The molecule has 1 rings (SSSR count). The van der Waals surface area contributed by atoms with E-state index in [9.17, 15) is 15.2 Å². The molecule has 1 atom stereocenters. The average Bonchev–Trinajstić information content (AvgIpc) is 2.27. The third-order valence-corrected chi connectivity index (χ3v) is 2.03. The highest BCUT2D eigenvalue weighted by atomic mass is 16.6. The molecule has 0 amide bonds. The van der Waals surface area contributed by atoms with E-state index in [1.807, 2.05) is 6.92 Å². The van der Waals surface area contributed by atoms with Crippen LogP contribution in [0.2, 0.25) is 0 Å². The van der Waals surface area contributed by atoms with Gasteiger partial charge in [0.15, 0.2) is 5.75 Å². The van der Waals surface area contributed by atoms with E-state index in [4.69, 9.17) is 9.47 Å². The van der Waals surface area contributed by atoms with Crippen molar-refractivity contribution < 1.29 is 19.5 Å². The van der Waals surface area contributed by atoms with Gasteiger partial charge in [-0.25, -0.2) is 0 Å². The van der Waals surface area contributed by atoms with Gasteiger partial charge in [0.05, 0.1) is 17.1 Å². The molecule has 88 valence electrons. The highest BCUT2D eigenvalue weighted by Gasteiger charge is 2.14. The van der Waals surface area contributed by atoms with Gasteiger partial charge in [-0.15, -0.1) is 0 Å². The van der Waals surface area contributed by atoms with Crippen molar-refractivity contribution in [2.75, 3.05) is 13.7 Å². The Hall–Kier alpha value is -1.82. The third kappa shape index (κ3) is 3.09. The Morgan fingerprint density at radius 3 is 2.81 bits per heavy atom. The number of aromatic hydroxyl groups is 1. The van der Waals surface area contributed by atoms with Crippen LogP contribution in [0.5, 0.6) is 11.5 Å². The van der Waals surface area contributed by atoms with Gasteiger partial charge in [0.1, 0.15) is 12.4 Å². The number of rotatable bonds is 5. The van der Waals surface area contributed by atoms with Crippen molar-refractivity contribution in [3.05, 3.63) is 28.3 Å². The van der Waals surface area contributed by atoms with Crippen molar-refractivity contribution in [2.24, 2.45) is 0 Å². The standard InChI is InChI=1S/C10H13NO5/c1-7(15-2)6-16-8-3-4-10(12)9(5-8)11(13)14/h3-5,7,12H,6H2,1-2H3/t7-/m1/s1. The molecule has 1 N–H and O–H groups in total. The molecule has 1 aromatic carbocycles. The largest absolute Gasteiger partial charge is 0.502 e. The first kappa shape index (κ1) is 12.3. The summed E-state index contributed by atoms with van der Waals surface area (Å²) in [4.78, 5) is 9.87. The summed E-state index contributed by atoms with van der Waals surface area (Å²) in [7, 11) is 1.55. The minimum atomic E-state index is -0.665. The van der Waals surface area contributed by atoms with Crippen molar-refractivity contribution in [1.29, 1.82) is 0 Å². The van der Waals surface area contributed by atoms with Gasteiger partial charge in [-0.3, -0.25) is 10.1 Å². The zero-order chi connectivity index (χ0) is 12.1. The lowest BCUT2D eigenvalue weighted by Crippen LogP contribution is -2.15. The number of phenols is 1. The molecule has 0 radical (unpaired) electrons. The summed E-state index contributed by atoms with van der Waals surface area (Å²) < 4.78 is 10.2. The van der Waals surface area contributed by atoms with E-state index in [-0.39, 0.29) is 17.5 Å². The van der Waals surface area contributed by atoms with E-state index in [0.717, 1.165) is 0 Å². The van der Waals surface area contributed by atoms with Crippen LogP contribution in [0.4, 0.5) is 5.69 Å². The first-order valence-electron chi connectivity index (χ1n) is 4.67. The molecule has 0 aliphatic carbocycles. The fourth-order valence-electron chi connectivity index (χ4n) is 1.02. The number of nitrogens with zero attached hydrogens (tertiary/aromatic N) is 1. The summed E-state index contributed by atoms with van der Waals surface area (Å²) in [6.45, 7) is 2.10. The summed E-state index contributed by atoms with van der Waals surface area (Å²) in [6.07, 6.45) is -0.104. The van der Waals surface area contributed by atoms with Crippen LogP contribution in [0.15, 0.2) is 18.2 Å². The van der Waals surface area contributed by atoms with E-state index < -0.39 is 4.92 Å². The topological polar surface area (TPSA) is 81.8 Å². The predicted molar refractivity (Wildman–Crippen MR) is 56.7 cm³/mol. The summed E-state index contributed by atoms with van der Waals surface area (Å²) in [6, 6.07) is 3.87. The summed E-state index contributed by atoms with van der Waals surface area (Å²) in [5.41, 5.74) is -0.373. The van der Waals surface area contributed by atoms with Crippen LogP contribution in [0, 0.1) is 10.1 Å². The van der Waals surface area contributed by atoms with Crippen molar-refractivity contribution in [3.63, 3.8) is 0 Å². The monoisotopic (exact) mass is 227 g/mol. The van der Waals surface area contributed by atoms with E-state index in [1.165, 1.54) is 18.2 Å². The molecular formula is C10H13NO5. The normalized spacial score (nSPS) is 12.1. The smallest absolute Gasteiger partial charge is 0.314 e. The zero-order valence-electron chi connectivity index (χ0n) is 9.04. The number of benzene rings is 1. The summed E-state index contributed by atoms with van der Waals surface area (Å²) in [5, 5.41) is 19.7. The van der Waals surface area contributed by atoms with Crippen LogP contribution in [0.1, 0.15) is 6.92 Å². The van der Waals surface area contributed by atoms with Crippen molar-refractivity contribution in [1.82, 2.24) is 0 Å². The van der Waals surface area contributed by atoms with Crippen molar-refractivity contribution in [2.45, 2.75) is 13.0 Å². The van der Waals surface area contributed by atoms with Crippen LogP contribution in [-0.4, -0.2) is 29.9 Å². The Labute approximate surface area is 92.6 Å². The number of nitro groups is 1. The molecule has 0 aromatic heterocycles. The summed E-state index contributed by atoms with van der Waals surface area (Å²) >= 11 is 0. The van der Waals surface area contributed by atoms with Gasteiger partial charge in [0.2, 0.25) is 0 Å². The molecule has 0 spiro atoms. The molecule has 6 heteroatoms. The fourth-order valence-corrected chi connectivity index (χ4v) is 1.02. The molecular weight excluding hydrogens is 214 g/mol. The molecule has 16 heavy (non-hydrogen) atoms. The minimum Gasteiger partial charge on any atom is -0.502 e. The van der Waals surface area contributed by atoms with E-state index >= 15 is 0 Å². The van der Waals surface area contributed by atoms with E-state index in [1.54, 1.807) is 7.11 Å². The zero-order valence-corrected chi connectivity index (χ0v) is 9.04. The van der Waals surface area contributed by atoms with Gasteiger partial charge < -0.3 is 14.6 Å². The molecule has 0 bridgehead atoms. The van der Waals surface area contributed by atoms with Gasteiger partial charge in [0, 0.05) is 7.11 Å². The first-order chi connectivity index (χ1) is 7.54. The number of nitro benzene ring substituents is 1.